The highest BCUT2D eigenvalue weighted by atomic mass is 16.5. The molecule has 0 spiro atoms. The van der Waals surface area contributed by atoms with E-state index in [9.17, 15) is 0 Å². The van der Waals surface area contributed by atoms with Gasteiger partial charge in [0.1, 0.15) is 11.4 Å². The molecule has 5 nitrogen and oxygen atoms in total. The summed E-state index contributed by atoms with van der Waals surface area (Å²) in [4.78, 5) is 1.57. The number of para-hydroxylation sites is 2. The smallest absolute Gasteiger partial charge is 0.146 e. The Morgan fingerprint density at radius 1 is 1.38 bits per heavy atom. The Balaban J connectivity index is 2.34. The van der Waals surface area contributed by atoms with E-state index in [0.717, 1.165) is 17.1 Å². The lowest BCUT2D eigenvalue weighted by Gasteiger charge is -2.05. The van der Waals surface area contributed by atoms with Crippen molar-refractivity contribution >= 4 is 0 Å². The third kappa shape index (κ3) is 2.04. The van der Waals surface area contributed by atoms with Crippen LogP contribution in [0.5, 0.6) is 5.75 Å². The molecule has 2 aromatic rings. The van der Waals surface area contributed by atoms with Crippen molar-refractivity contribution in [2.75, 3.05) is 14.2 Å². The molecule has 1 heterocycles. The summed E-state index contributed by atoms with van der Waals surface area (Å²) < 4.78 is 5.25. The third-order valence-corrected chi connectivity index (χ3v) is 2.20. The van der Waals surface area contributed by atoms with Crippen molar-refractivity contribution < 1.29 is 4.74 Å². The Bertz CT molecular complexity index is 467. The molecule has 0 aliphatic carbocycles. The van der Waals surface area contributed by atoms with Crippen LogP contribution in [0, 0.1) is 0 Å². The summed E-state index contributed by atoms with van der Waals surface area (Å²) in [6.07, 6.45) is 1.74. The van der Waals surface area contributed by atoms with E-state index in [1.54, 1.807) is 18.1 Å². The van der Waals surface area contributed by atoms with Crippen LogP contribution in [-0.4, -0.2) is 29.2 Å². The zero-order valence-electron chi connectivity index (χ0n) is 9.34. The molecule has 1 aromatic heterocycles. The normalized spacial score (nSPS) is 10.4. The minimum atomic E-state index is 0.704. The van der Waals surface area contributed by atoms with Crippen molar-refractivity contribution in [3.63, 3.8) is 0 Å². The maximum atomic E-state index is 5.25. The molecule has 5 heteroatoms. The third-order valence-electron chi connectivity index (χ3n) is 2.20. The molecule has 2 rings (SSSR count). The highest BCUT2D eigenvalue weighted by molar-refractivity contribution is 5.44. The van der Waals surface area contributed by atoms with Gasteiger partial charge in [-0.2, -0.15) is 10.2 Å². The SMILES string of the molecule is CNCc1cnn(-c2ccccc2OC)n1. The fourth-order valence-electron chi connectivity index (χ4n) is 1.47. The summed E-state index contributed by atoms with van der Waals surface area (Å²) in [6.45, 7) is 0.704. The molecule has 1 N–H and O–H groups in total. The van der Waals surface area contributed by atoms with Crippen molar-refractivity contribution in [2.24, 2.45) is 0 Å². The number of hydrogen-bond donors (Lipinski definition) is 1. The molecule has 0 aliphatic rings. The van der Waals surface area contributed by atoms with Gasteiger partial charge in [-0.1, -0.05) is 12.1 Å². The monoisotopic (exact) mass is 218 g/mol. The van der Waals surface area contributed by atoms with Crippen molar-refractivity contribution in [1.29, 1.82) is 0 Å². The average molecular weight is 218 g/mol. The second-order valence-corrected chi connectivity index (χ2v) is 3.33. The first kappa shape index (κ1) is 10.6. The summed E-state index contributed by atoms with van der Waals surface area (Å²) >= 11 is 0. The molecule has 0 aliphatic heterocycles. The summed E-state index contributed by atoms with van der Waals surface area (Å²) in [5.74, 6) is 0.758. The molecule has 0 fully saturated rings. The van der Waals surface area contributed by atoms with Crippen LogP contribution in [0.3, 0.4) is 0 Å². The minimum Gasteiger partial charge on any atom is -0.494 e. The fraction of sp³-hybridized carbons (Fsp3) is 0.273. The van der Waals surface area contributed by atoms with Crippen LogP contribution in [0.15, 0.2) is 30.5 Å². The predicted molar refractivity (Wildman–Crippen MR) is 60.7 cm³/mol. The minimum absolute atomic E-state index is 0.704. The van der Waals surface area contributed by atoms with Gasteiger partial charge in [0.05, 0.1) is 19.0 Å². The fourth-order valence-corrected chi connectivity index (χ4v) is 1.47. The Morgan fingerprint density at radius 2 is 2.19 bits per heavy atom. The largest absolute Gasteiger partial charge is 0.494 e. The number of ether oxygens (including phenoxy) is 1. The summed E-state index contributed by atoms with van der Waals surface area (Å²) in [5.41, 5.74) is 1.74. The molecule has 0 saturated heterocycles. The maximum Gasteiger partial charge on any atom is 0.146 e. The molecule has 0 atom stereocenters. The Kier molecular flexibility index (Phi) is 3.16. The zero-order chi connectivity index (χ0) is 11.4. The van der Waals surface area contributed by atoms with Gasteiger partial charge in [0.25, 0.3) is 0 Å². The van der Waals surface area contributed by atoms with Gasteiger partial charge in [0.15, 0.2) is 0 Å². The molecule has 1 aromatic carbocycles. The molecule has 16 heavy (non-hydrogen) atoms. The summed E-state index contributed by atoms with van der Waals surface area (Å²) in [7, 11) is 3.51. The zero-order valence-corrected chi connectivity index (χ0v) is 9.34. The van der Waals surface area contributed by atoms with Crippen LogP contribution in [0.2, 0.25) is 0 Å². The molecular formula is C11H14N4O. The summed E-state index contributed by atoms with van der Waals surface area (Å²) in [6, 6.07) is 7.65. The van der Waals surface area contributed by atoms with Gasteiger partial charge in [-0.25, -0.2) is 0 Å². The Labute approximate surface area is 94.0 Å². The van der Waals surface area contributed by atoms with Crippen molar-refractivity contribution in [2.45, 2.75) is 6.54 Å². The first-order valence-corrected chi connectivity index (χ1v) is 5.04. The molecule has 0 radical (unpaired) electrons. The van der Waals surface area contributed by atoms with E-state index in [4.69, 9.17) is 4.74 Å². The molecule has 0 unspecified atom stereocenters. The van der Waals surface area contributed by atoms with Crippen molar-refractivity contribution in [3.05, 3.63) is 36.2 Å². The van der Waals surface area contributed by atoms with E-state index in [0.29, 0.717) is 6.54 Å². The second-order valence-electron chi connectivity index (χ2n) is 3.33. The van der Waals surface area contributed by atoms with E-state index in [2.05, 4.69) is 15.5 Å². The van der Waals surface area contributed by atoms with Crippen molar-refractivity contribution in [3.8, 4) is 11.4 Å². The van der Waals surface area contributed by atoms with E-state index >= 15 is 0 Å². The number of benzene rings is 1. The summed E-state index contributed by atoms with van der Waals surface area (Å²) in [5, 5.41) is 11.6. The standard InChI is InChI=1S/C11H14N4O/c1-12-7-9-8-13-15(14-9)10-5-3-4-6-11(10)16-2/h3-6,8,12H,7H2,1-2H3. The second kappa shape index (κ2) is 4.76. The lowest BCUT2D eigenvalue weighted by atomic mass is 10.3. The van der Waals surface area contributed by atoms with Crippen LogP contribution >= 0.6 is 0 Å². The molecule has 84 valence electrons. The predicted octanol–water partition coefficient (Wildman–Crippen LogP) is 0.995. The van der Waals surface area contributed by atoms with Gasteiger partial charge in [0.2, 0.25) is 0 Å². The number of aromatic nitrogens is 3. The average Bonchev–Trinajstić information content (AvgIpc) is 2.78. The number of nitrogens with zero attached hydrogens (tertiary/aromatic N) is 3. The molecule has 0 saturated carbocycles. The van der Waals surface area contributed by atoms with Crippen LogP contribution in [0.25, 0.3) is 5.69 Å². The van der Waals surface area contributed by atoms with Crippen molar-refractivity contribution in [1.82, 2.24) is 20.3 Å². The van der Waals surface area contributed by atoms with E-state index < -0.39 is 0 Å². The van der Waals surface area contributed by atoms with Gasteiger partial charge in [0, 0.05) is 6.54 Å². The lowest BCUT2D eigenvalue weighted by molar-refractivity contribution is 0.410. The lowest BCUT2D eigenvalue weighted by Crippen LogP contribution is -2.07. The first-order chi connectivity index (χ1) is 7.85. The van der Waals surface area contributed by atoms with Crippen LogP contribution < -0.4 is 10.1 Å². The van der Waals surface area contributed by atoms with Gasteiger partial charge >= 0.3 is 0 Å². The number of methoxy groups -OCH3 is 1. The van der Waals surface area contributed by atoms with E-state index in [1.807, 2.05) is 31.3 Å². The van der Waals surface area contributed by atoms with E-state index in [1.165, 1.54) is 0 Å². The highest BCUT2D eigenvalue weighted by Gasteiger charge is 2.06. The quantitative estimate of drug-likeness (QED) is 0.831. The maximum absolute atomic E-state index is 5.25. The first-order valence-electron chi connectivity index (χ1n) is 5.04. The molecular weight excluding hydrogens is 204 g/mol. The highest BCUT2D eigenvalue weighted by Crippen LogP contribution is 2.20. The van der Waals surface area contributed by atoms with Gasteiger partial charge < -0.3 is 10.1 Å². The van der Waals surface area contributed by atoms with Gasteiger partial charge in [-0.3, -0.25) is 0 Å². The van der Waals surface area contributed by atoms with Crippen LogP contribution in [0.1, 0.15) is 5.69 Å². The molecule has 0 bridgehead atoms. The van der Waals surface area contributed by atoms with Crippen LogP contribution in [0.4, 0.5) is 0 Å². The number of rotatable bonds is 4. The Morgan fingerprint density at radius 3 is 2.94 bits per heavy atom. The van der Waals surface area contributed by atoms with Gasteiger partial charge in [-0.05, 0) is 19.2 Å². The van der Waals surface area contributed by atoms with Gasteiger partial charge in [-0.15, -0.1) is 4.80 Å². The van der Waals surface area contributed by atoms with Crippen LogP contribution in [-0.2, 0) is 6.54 Å². The number of nitrogens with one attached hydrogen (secondary N) is 1. The Hall–Kier alpha value is -1.88. The number of hydrogen-bond acceptors (Lipinski definition) is 4. The van der Waals surface area contributed by atoms with E-state index in [-0.39, 0.29) is 0 Å². The molecule has 0 amide bonds. The topological polar surface area (TPSA) is 52.0 Å².